The van der Waals surface area contributed by atoms with Crippen molar-refractivity contribution in [3.8, 4) is 17.6 Å². The highest BCUT2D eigenvalue weighted by atomic mass is 16.5. The molecule has 178 valence electrons. The van der Waals surface area contributed by atoms with E-state index in [0.717, 1.165) is 11.1 Å². The Morgan fingerprint density at radius 2 is 1.44 bits per heavy atom. The van der Waals surface area contributed by atoms with Crippen molar-refractivity contribution >= 4 is 17.7 Å². The van der Waals surface area contributed by atoms with Gasteiger partial charge >= 0.3 is 0 Å². The summed E-state index contributed by atoms with van der Waals surface area (Å²) in [6.45, 7) is 2.88. The lowest BCUT2D eigenvalue weighted by molar-refractivity contribution is -0.112. The van der Waals surface area contributed by atoms with Gasteiger partial charge in [0.15, 0.2) is 0 Å². The van der Waals surface area contributed by atoms with Gasteiger partial charge in [0, 0.05) is 11.3 Å². The topological polar surface area (TPSA) is 71.3 Å². The largest absolute Gasteiger partial charge is 0.489 e. The second-order valence-electron chi connectivity index (χ2n) is 8.23. The van der Waals surface area contributed by atoms with Crippen LogP contribution in [0, 0.1) is 18.3 Å². The molecule has 4 rings (SSSR count). The first-order valence-corrected chi connectivity index (χ1v) is 11.6. The number of ether oxygens (including phenoxy) is 2. The lowest BCUT2D eigenvalue weighted by Gasteiger charge is -2.10. The van der Waals surface area contributed by atoms with E-state index < -0.39 is 5.91 Å². The Balaban J connectivity index is 1.39. The van der Waals surface area contributed by atoms with Gasteiger partial charge in [-0.3, -0.25) is 4.79 Å². The zero-order chi connectivity index (χ0) is 25.2. The average molecular weight is 475 g/mol. The highest BCUT2D eigenvalue weighted by Crippen LogP contribution is 2.23. The number of aryl methyl sites for hydroxylation is 1. The Bertz CT molecular complexity index is 1370. The minimum atomic E-state index is -0.496. The Kier molecular flexibility index (Phi) is 8.14. The molecule has 0 bridgehead atoms. The van der Waals surface area contributed by atoms with Crippen LogP contribution in [0.4, 0.5) is 5.69 Å². The van der Waals surface area contributed by atoms with Gasteiger partial charge in [-0.1, -0.05) is 78.4 Å². The zero-order valence-electron chi connectivity index (χ0n) is 20.0. The summed E-state index contributed by atoms with van der Waals surface area (Å²) < 4.78 is 11.8. The van der Waals surface area contributed by atoms with Gasteiger partial charge in [-0.05, 0) is 54.5 Å². The van der Waals surface area contributed by atoms with E-state index in [4.69, 9.17) is 9.47 Å². The fourth-order valence-corrected chi connectivity index (χ4v) is 3.45. The monoisotopic (exact) mass is 474 g/mol. The van der Waals surface area contributed by atoms with Crippen LogP contribution < -0.4 is 14.8 Å². The number of rotatable bonds is 9. The van der Waals surface area contributed by atoms with E-state index in [9.17, 15) is 10.1 Å². The minimum Gasteiger partial charge on any atom is -0.489 e. The van der Waals surface area contributed by atoms with E-state index in [1.54, 1.807) is 24.3 Å². The molecule has 0 fully saturated rings. The second kappa shape index (κ2) is 12.0. The van der Waals surface area contributed by atoms with Crippen LogP contribution in [-0.2, 0) is 18.0 Å². The molecule has 0 unspecified atom stereocenters. The summed E-state index contributed by atoms with van der Waals surface area (Å²) in [5, 5.41) is 12.4. The average Bonchev–Trinajstić information content (AvgIpc) is 2.92. The third-order valence-corrected chi connectivity index (χ3v) is 5.46. The number of hydrogen-bond acceptors (Lipinski definition) is 4. The van der Waals surface area contributed by atoms with E-state index in [0.29, 0.717) is 36.0 Å². The van der Waals surface area contributed by atoms with Gasteiger partial charge in [0.05, 0.1) is 0 Å². The van der Waals surface area contributed by atoms with Gasteiger partial charge < -0.3 is 14.8 Å². The van der Waals surface area contributed by atoms with Crippen molar-refractivity contribution in [3.63, 3.8) is 0 Å². The Morgan fingerprint density at radius 3 is 2.17 bits per heavy atom. The van der Waals surface area contributed by atoms with Crippen LogP contribution in [0.25, 0.3) is 6.08 Å². The van der Waals surface area contributed by atoms with Gasteiger partial charge in [0.1, 0.15) is 36.4 Å². The van der Waals surface area contributed by atoms with Crippen molar-refractivity contribution < 1.29 is 14.3 Å². The lowest BCUT2D eigenvalue weighted by Crippen LogP contribution is -2.13. The first-order chi connectivity index (χ1) is 17.6. The molecular formula is C31H26N2O3. The molecule has 0 saturated carbocycles. The van der Waals surface area contributed by atoms with Crippen LogP contribution in [-0.4, -0.2) is 5.91 Å². The normalized spacial score (nSPS) is 10.8. The van der Waals surface area contributed by atoms with Crippen molar-refractivity contribution in [2.45, 2.75) is 20.1 Å². The summed E-state index contributed by atoms with van der Waals surface area (Å²) in [4.78, 5) is 12.8. The standard InChI is InChI=1S/C31H26N2O3/c1-23-11-13-25(14-12-23)22-36-30-10-6-5-9-26(30)19-27(20-32)31(34)33-28-15-17-29(18-16-28)35-21-24-7-3-2-4-8-24/h2-19H,21-22H2,1H3,(H,33,34)/b27-19+. The summed E-state index contributed by atoms with van der Waals surface area (Å²) in [5.74, 6) is 0.787. The van der Waals surface area contributed by atoms with E-state index >= 15 is 0 Å². The molecule has 0 aliphatic heterocycles. The molecule has 1 amide bonds. The molecule has 0 aromatic heterocycles. The van der Waals surface area contributed by atoms with Crippen LogP contribution in [0.3, 0.4) is 0 Å². The molecule has 0 heterocycles. The summed E-state index contributed by atoms with van der Waals surface area (Å²) in [7, 11) is 0. The van der Waals surface area contributed by atoms with E-state index in [2.05, 4.69) is 5.32 Å². The molecule has 0 radical (unpaired) electrons. The van der Waals surface area contributed by atoms with Crippen molar-refractivity contribution in [1.82, 2.24) is 0 Å². The maximum absolute atomic E-state index is 12.8. The van der Waals surface area contributed by atoms with Gasteiger partial charge in [-0.15, -0.1) is 0 Å². The summed E-state index contributed by atoms with van der Waals surface area (Å²) >= 11 is 0. The number of para-hydroxylation sites is 1. The van der Waals surface area contributed by atoms with E-state index in [1.807, 2.05) is 91.9 Å². The fraction of sp³-hybridized carbons (Fsp3) is 0.0968. The van der Waals surface area contributed by atoms with Crippen molar-refractivity contribution in [2.24, 2.45) is 0 Å². The van der Waals surface area contributed by atoms with Gasteiger partial charge in [0.25, 0.3) is 5.91 Å². The van der Waals surface area contributed by atoms with E-state index in [1.165, 1.54) is 11.6 Å². The molecule has 4 aromatic rings. The number of anilines is 1. The van der Waals surface area contributed by atoms with Crippen molar-refractivity contribution in [3.05, 3.63) is 131 Å². The van der Waals surface area contributed by atoms with Gasteiger partial charge in [-0.25, -0.2) is 0 Å². The molecule has 0 aliphatic carbocycles. The maximum atomic E-state index is 12.8. The van der Waals surface area contributed by atoms with Crippen LogP contribution in [0.5, 0.6) is 11.5 Å². The fourth-order valence-electron chi connectivity index (χ4n) is 3.45. The van der Waals surface area contributed by atoms with Crippen LogP contribution in [0.2, 0.25) is 0 Å². The number of hydrogen-bond donors (Lipinski definition) is 1. The third kappa shape index (κ3) is 6.85. The van der Waals surface area contributed by atoms with Crippen molar-refractivity contribution in [1.29, 1.82) is 5.26 Å². The smallest absolute Gasteiger partial charge is 0.266 e. The maximum Gasteiger partial charge on any atom is 0.266 e. The van der Waals surface area contributed by atoms with Crippen LogP contribution in [0.15, 0.2) is 109 Å². The number of carbonyl (C=O) groups excluding carboxylic acids is 1. The van der Waals surface area contributed by atoms with Gasteiger partial charge in [0.2, 0.25) is 0 Å². The van der Waals surface area contributed by atoms with E-state index in [-0.39, 0.29) is 5.57 Å². The summed E-state index contributed by atoms with van der Waals surface area (Å²) in [6, 6.07) is 34.3. The molecule has 36 heavy (non-hydrogen) atoms. The Labute approximate surface area is 211 Å². The Hall–Kier alpha value is -4.82. The number of carbonyl (C=O) groups is 1. The highest BCUT2D eigenvalue weighted by molar-refractivity contribution is 6.09. The Morgan fingerprint density at radius 1 is 0.806 bits per heavy atom. The number of nitriles is 1. The van der Waals surface area contributed by atoms with Crippen LogP contribution >= 0.6 is 0 Å². The lowest BCUT2D eigenvalue weighted by atomic mass is 10.1. The SMILES string of the molecule is Cc1ccc(COc2ccccc2/C=C(\C#N)C(=O)Nc2ccc(OCc3ccccc3)cc2)cc1. The predicted octanol–water partition coefficient (Wildman–Crippen LogP) is 6.70. The number of nitrogens with zero attached hydrogens (tertiary/aromatic N) is 1. The molecule has 0 saturated heterocycles. The van der Waals surface area contributed by atoms with Crippen LogP contribution in [0.1, 0.15) is 22.3 Å². The quantitative estimate of drug-likeness (QED) is 0.216. The third-order valence-electron chi connectivity index (χ3n) is 5.46. The number of nitrogens with one attached hydrogen (secondary N) is 1. The molecule has 4 aromatic carbocycles. The molecule has 0 aliphatic rings. The first-order valence-electron chi connectivity index (χ1n) is 11.6. The summed E-state index contributed by atoms with van der Waals surface area (Å²) in [6.07, 6.45) is 1.54. The highest BCUT2D eigenvalue weighted by Gasteiger charge is 2.12. The molecular weight excluding hydrogens is 448 g/mol. The minimum absolute atomic E-state index is 0.0224. The van der Waals surface area contributed by atoms with Gasteiger partial charge in [-0.2, -0.15) is 5.26 Å². The molecule has 0 atom stereocenters. The first kappa shape index (κ1) is 24.3. The second-order valence-corrected chi connectivity index (χ2v) is 8.23. The molecule has 0 spiro atoms. The molecule has 1 N–H and O–H groups in total. The molecule has 5 heteroatoms. The predicted molar refractivity (Wildman–Crippen MR) is 141 cm³/mol. The summed E-state index contributed by atoms with van der Waals surface area (Å²) in [5.41, 5.74) is 4.49. The van der Waals surface area contributed by atoms with Crippen molar-refractivity contribution in [2.75, 3.05) is 5.32 Å². The number of benzene rings is 4. The zero-order valence-corrected chi connectivity index (χ0v) is 20.0. The molecule has 5 nitrogen and oxygen atoms in total. The number of amides is 1.